The van der Waals surface area contributed by atoms with Crippen molar-refractivity contribution in [1.82, 2.24) is 9.36 Å². The third-order valence-corrected chi connectivity index (χ3v) is 2.14. The zero-order chi connectivity index (χ0) is 8.27. The van der Waals surface area contributed by atoms with E-state index < -0.39 is 0 Å². The molecule has 0 radical (unpaired) electrons. The molecule has 0 saturated carbocycles. The Kier molecular flexibility index (Phi) is 3.42. The number of nitrogens with zero attached hydrogens (tertiary/aromatic N) is 2. The topological polar surface area (TPSA) is 35.0 Å². The first-order valence-electron chi connectivity index (χ1n) is 3.28. The predicted molar refractivity (Wildman–Crippen MR) is 47.5 cm³/mol. The van der Waals surface area contributed by atoms with Crippen molar-refractivity contribution in [2.24, 2.45) is 0 Å². The van der Waals surface area contributed by atoms with Crippen molar-refractivity contribution < 1.29 is 4.74 Å². The Morgan fingerprint density at radius 1 is 1.64 bits per heavy atom. The summed E-state index contributed by atoms with van der Waals surface area (Å²) in [5, 5.41) is 0. The van der Waals surface area contributed by atoms with Crippen LogP contribution in [0.4, 0.5) is 0 Å². The van der Waals surface area contributed by atoms with Gasteiger partial charge in [0, 0.05) is 0 Å². The first-order chi connectivity index (χ1) is 5.18. The number of halogens is 1. The van der Waals surface area contributed by atoms with Crippen molar-refractivity contribution in [3.05, 3.63) is 9.74 Å². The lowest BCUT2D eigenvalue weighted by Gasteiger charge is -2.02. The summed E-state index contributed by atoms with van der Waals surface area (Å²) in [6, 6.07) is 0. The standard InChI is InChI=1S/C6H9BrN2OS/c1-4(2)10-3-5-8-6(7)11-9-5/h4H,3H2,1-2H3. The predicted octanol–water partition coefficient (Wildman–Crippen LogP) is 2.23. The summed E-state index contributed by atoms with van der Waals surface area (Å²) >= 11 is 4.56. The van der Waals surface area contributed by atoms with E-state index in [4.69, 9.17) is 4.74 Å². The number of hydrogen-bond acceptors (Lipinski definition) is 4. The highest BCUT2D eigenvalue weighted by Crippen LogP contribution is 2.12. The number of ether oxygens (including phenoxy) is 1. The van der Waals surface area contributed by atoms with Crippen molar-refractivity contribution in [2.75, 3.05) is 0 Å². The molecule has 0 unspecified atom stereocenters. The second-order valence-electron chi connectivity index (χ2n) is 2.32. The van der Waals surface area contributed by atoms with Gasteiger partial charge in [-0.3, -0.25) is 0 Å². The van der Waals surface area contributed by atoms with Crippen LogP contribution in [0.25, 0.3) is 0 Å². The summed E-state index contributed by atoms with van der Waals surface area (Å²) in [5.41, 5.74) is 0. The maximum Gasteiger partial charge on any atom is 0.179 e. The minimum atomic E-state index is 0.234. The summed E-state index contributed by atoms with van der Waals surface area (Å²) in [5.74, 6) is 0.746. The molecule has 1 aromatic heterocycles. The zero-order valence-electron chi connectivity index (χ0n) is 6.37. The lowest BCUT2D eigenvalue weighted by atomic mass is 10.5. The lowest BCUT2D eigenvalue weighted by molar-refractivity contribution is 0.0618. The van der Waals surface area contributed by atoms with E-state index in [1.165, 1.54) is 11.5 Å². The molecule has 0 aliphatic carbocycles. The molecule has 1 heterocycles. The van der Waals surface area contributed by atoms with E-state index >= 15 is 0 Å². The molecule has 11 heavy (non-hydrogen) atoms. The molecule has 1 rings (SSSR count). The molecule has 0 bridgehead atoms. The number of hydrogen-bond donors (Lipinski definition) is 0. The molecule has 0 aromatic carbocycles. The van der Waals surface area contributed by atoms with Crippen LogP contribution in [0.2, 0.25) is 0 Å². The summed E-state index contributed by atoms with van der Waals surface area (Å²) in [4.78, 5) is 4.08. The van der Waals surface area contributed by atoms with Gasteiger partial charge < -0.3 is 4.74 Å². The Labute approximate surface area is 78.1 Å². The molecule has 0 saturated heterocycles. The van der Waals surface area contributed by atoms with Gasteiger partial charge >= 0.3 is 0 Å². The van der Waals surface area contributed by atoms with Crippen LogP contribution in [0.3, 0.4) is 0 Å². The summed E-state index contributed by atoms with van der Waals surface area (Å²) in [6.45, 7) is 4.47. The minimum Gasteiger partial charge on any atom is -0.371 e. The number of rotatable bonds is 3. The Bertz CT molecular complexity index is 226. The molecule has 0 atom stereocenters. The fraction of sp³-hybridized carbons (Fsp3) is 0.667. The highest BCUT2D eigenvalue weighted by Gasteiger charge is 2.01. The minimum absolute atomic E-state index is 0.234. The van der Waals surface area contributed by atoms with Crippen LogP contribution in [-0.2, 0) is 11.3 Å². The highest BCUT2D eigenvalue weighted by atomic mass is 79.9. The first-order valence-corrected chi connectivity index (χ1v) is 4.85. The van der Waals surface area contributed by atoms with Crippen LogP contribution in [0.1, 0.15) is 19.7 Å². The van der Waals surface area contributed by atoms with Gasteiger partial charge in [-0.15, -0.1) is 0 Å². The third kappa shape index (κ3) is 3.27. The monoisotopic (exact) mass is 236 g/mol. The molecular weight excluding hydrogens is 228 g/mol. The molecule has 0 N–H and O–H groups in total. The molecule has 62 valence electrons. The van der Waals surface area contributed by atoms with Crippen LogP contribution >= 0.6 is 27.5 Å². The van der Waals surface area contributed by atoms with E-state index in [1.54, 1.807) is 0 Å². The van der Waals surface area contributed by atoms with Crippen LogP contribution in [-0.4, -0.2) is 15.5 Å². The zero-order valence-corrected chi connectivity index (χ0v) is 8.78. The Balaban J connectivity index is 2.39. The van der Waals surface area contributed by atoms with Gasteiger partial charge in [0.1, 0.15) is 6.61 Å². The van der Waals surface area contributed by atoms with Gasteiger partial charge in [-0.05, 0) is 41.3 Å². The Hall–Kier alpha value is -0.0000000000000000555. The van der Waals surface area contributed by atoms with Gasteiger partial charge in [-0.1, -0.05) is 0 Å². The smallest absolute Gasteiger partial charge is 0.179 e. The molecule has 0 amide bonds. The molecule has 5 heteroatoms. The molecule has 0 spiro atoms. The lowest BCUT2D eigenvalue weighted by Crippen LogP contribution is -2.03. The van der Waals surface area contributed by atoms with E-state index in [0.29, 0.717) is 6.61 Å². The molecular formula is C6H9BrN2OS. The van der Waals surface area contributed by atoms with E-state index in [9.17, 15) is 0 Å². The third-order valence-electron chi connectivity index (χ3n) is 0.989. The Morgan fingerprint density at radius 2 is 2.36 bits per heavy atom. The average molecular weight is 237 g/mol. The fourth-order valence-corrected chi connectivity index (χ4v) is 1.37. The fourth-order valence-electron chi connectivity index (χ4n) is 0.532. The van der Waals surface area contributed by atoms with Crippen molar-refractivity contribution in [2.45, 2.75) is 26.6 Å². The summed E-state index contributed by atoms with van der Waals surface area (Å²) in [7, 11) is 0. The number of aromatic nitrogens is 2. The van der Waals surface area contributed by atoms with E-state index in [1.807, 2.05) is 13.8 Å². The van der Waals surface area contributed by atoms with E-state index in [0.717, 1.165) is 9.74 Å². The van der Waals surface area contributed by atoms with Crippen molar-refractivity contribution in [1.29, 1.82) is 0 Å². The van der Waals surface area contributed by atoms with Gasteiger partial charge in [0.05, 0.1) is 6.10 Å². The van der Waals surface area contributed by atoms with E-state index in [-0.39, 0.29) is 6.10 Å². The second kappa shape index (κ2) is 4.13. The van der Waals surface area contributed by atoms with Gasteiger partial charge in [-0.2, -0.15) is 4.37 Å². The van der Waals surface area contributed by atoms with Gasteiger partial charge in [0.2, 0.25) is 0 Å². The normalized spacial score (nSPS) is 10.9. The summed E-state index contributed by atoms with van der Waals surface area (Å²) < 4.78 is 10.2. The first kappa shape index (κ1) is 9.09. The van der Waals surface area contributed by atoms with Gasteiger partial charge in [-0.25, -0.2) is 4.98 Å². The average Bonchev–Trinajstić information content (AvgIpc) is 2.31. The van der Waals surface area contributed by atoms with Crippen LogP contribution < -0.4 is 0 Å². The van der Waals surface area contributed by atoms with Crippen molar-refractivity contribution in [3.8, 4) is 0 Å². The molecule has 0 aliphatic rings. The highest BCUT2D eigenvalue weighted by molar-refractivity contribution is 9.11. The van der Waals surface area contributed by atoms with Crippen molar-refractivity contribution in [3.63, 3.8) is 0 Å². The second-order valence-corrected chi connectivity index (χ2v) is 4.35. The molecule has 3 nitrogen and oxygen atoms in total. The maximum atomic E-state index is 5.30. The van der Waals surface area contributed by atoms with Gasteiger partial charge in [0.25, 0.3) is 0 Å². The largest absolute Gasteiger partial charge is 0.371 e. The van der Waals surface area contributed by atoms with E-state index in [2.05, 4.69) is 25.3 Å². The molecule has 1 aromatic rings. The van der Waals surface area contributed by atoms with Crippen LogP contribution in [0.5, 0.6) is 0 Å². The van der Waals surface area contributed by atoms with Crippen LogP contribution in [0, 0.1) is 0 Å². The Morgan fingerprint density at radius 3 is 2.82 bits per heavy atom. The maximum absolute atomic E-state index is 5.30. The molecule has 0 aliphatic heterocycles. The van der Waals surface area contributed by atoms with Crippen molar-refractivity contribution >= 4 is 27.5 Å². The summed E-state index contributed by atoms with van der Waals surface area (Å²) in [6.07, 6.45) is 0.234. The van der Waals surface area contributed by atoms with Gasteiger partial charge in [0.15, 0.2) is 9.74 Å². The quantitative estimate of drug-likeness (QED) is 0.808. The SMILES string of the molecule is CC(C)OCc1nsc(Br)n1. The van der Waals surface area contributed by atoms with Crippen LogP contribution in [0.15, 0.2) is 3.92 Å². The molecule has 0 fully saturated rings.